The molecule has 0 saturated heterocycles. The standard InChI is InChI=1S/C19H26F3NS/c1-4-7-8-12-18(24)17(23(5-2)6-3)14-15-10-9-11-16(13-15)19(20,21)22/h9-11,13-14H,4-8,12H2,1-3H3. The fraction of sp³-hybridized carbons (Fsp3) is 0.526. The Morgan fingerprint density at radius 2 is 1.79 bits per heavy atom. The number of benzene rings is 1. The van der Waals surface area contributed by atoms with Gasteiger partial charge in [0.1, 0.15) is 0 Å². The van der Waals surface area contributed by atoms with Gasteiger partial charge in [-0.1, -0.05) is 44.1 Å². The van der Waals surface area contributed by atoms with E-state index in [1.54, 1.807) is 12.1 Å². The lowest BCUT2D eigenvalue weighted by atomic mass is 10.1. The number of hydrogen-bond acceptors (Lipinski definition) is 2. The molecule has 1 aromatic carbocycles. The molecule has 0 heterocycles. The van der Waals surface area contributed by atoms with Crippen molar-refractivity contribution >= 4 is 23.2 Å². The molecule has 0 saturated carbocycles. The van der Waals surface area contributed by atoms with Gasteiger partial charge < -0.3 is 4.90 Å². The molecule has 134 valence electrons. The van der Waals surface area contributed by atoms with E-state index in [4.69, 9.17) is 12.2 Å². The molecular formula is C19H26F3NS. The summed E-state index contributed by atoms with van der Waals surface area (Å²) in [5.41, 5.74) is 0.766. The lowest BCUT2D eigenvalue weighted by Gasteiger charge is -2.25. The second-order valence-corrected chi connectivity index (χ2v) is 6.20. The lowest BCUT2D eigenvalue weighted by Crippen LogP contribution is -2.26. The molecule has 1 aromatic rings. The third-order valence-electron chi connectivity index (χ3n) is 3.91. The van der Waals surface area contributed by atoms with Gasteiger partial charge in [-0.15, -0.1) is 0 Å². The van der Waals surface area contributed by atoms with E-state index in [1.165, 1.54) is 12.1 Å². The molecule has 0 atom stereocenters. The van der Waals surface area contributed by atoms with E-state index in [0.29, 0.717) is 5.56 Å². The van der Waals surface area contributed by atoms with Crippen molar-refractivity contribution in [1.29, 1.82) is 0 Å². The van der Waals surface area contributed by atoms with Crippen molar-refractivity contribution in [2.45, 2.75) is 52.6 Å². The average molecular weight is 357 g/mol. The average Bonchev–Trinajstić information content (AvgIpc) is 2.54. The van der Waals surface area contributed by atoms with Crippen LogP contribution in [-0.4, -0.2) is 22.9 Å². The van der Waals surface area contributed by atoms with Crippen LogP contribution < -0.4 is 0 Å². The summed E-state index contributed by atoms with van der Waals surface area (Å²) in [5.74, 6) is 0. The Balaban J connectivity index is 3.14. The molecular weight excluding hydrogens is 331 g/mol. The fourth-order valence-corrected chi connectivity index (χ4v) is 2.87. The second-order valence-electron chi connectivity index (χ2n) is 5.71. The van der Waals surface area contributed by atoms with Gasteiger partial charge in [-0.2, -0.15) is 13.2 Å². The van der Waals surface area contributed by atoms with E-state index in [1.807, 2.05) is 13.8 Å². The van der Waals surface area contributed by atoms with E-state index in [9.17, 15) is 13.2 Å². The van der Waals surface area contributed by atoms with Crippen molar-refractivity contribution in [3.63, 3.8) is 0 Å². The van der Waals surface area contributed by atoms with Crippen LogP contribution in [0.15, 0.2) is 30.0 Å². The molecule has 0 aromatic heterocycles. The molecule has 1 nitrogen and oxygen atoms in total. The van der Waals surface area contributed by atoms with Crippen molar-refractivity contribution in [1.82, 2.24) is 4.90 Å². The Kier molecular flexibility index (Phi) is 8.46. The molecule has 1 rings (SSSR count). The van der Waals surface area contributed by atoms with E-state index in [-0.39, 0.29) is 0 Å². The molecule has 0 amide bonds. The highest BCUT2D eigenvalue weighted by Gasteiger charge is 2.30. The van der Waals surface area contributed by atoms with Gasteiger partial charge in [0.2, 0.25) is 0 Å². The van der Waals surface area contributed by atoms with Crippen molar-refractivity contribution in [2.24, 2.45) is 0 Å². The summed E-state index contributed by atoms with van der Waals surface area (Å²) in [6.45, 7) is 7.73. The Labute approximate surface area is 148 Å². The zero-order chi connectivity index (χ0) is 18.2. The largest absolute Gasteiger partial charge is 0.416 e. The summed E-state index contributed by atoms with van der Waals surface area (Å²) in [6, 6.07) is 5.40. The highest BCUT2D eigenvalue weighted by atomic mass is 32.1. The Hall–Kier alpha value is -1.36. The van der Waals surface area contributed by atoms with Crippen molar-refractivity contribution in [3.05, 3.63) is 41.1 Å². The summed E-state index contributed by atoms with van der Waals surface area (Å²) in [7, 11) is 0. The van der Waals surface area contributed by atoms with Gasteiger partial charge in [-0.25, -0.2) is 0 Å². The fourth-order valence-electron chi connectivity index (χ4n) is 2.54. The first-order valence-electron chi connectivity index (χ1n) is 8.50. The quantitative estimate of drug-likeness (QED) is 0.288. The van der Waals surface area contributed by atoms with Crippen LogP contribution in [0.1, 0.15) is 57.6 Å². The van der Waals surface area contributed by atoms with Crippen LogP contribution in [0.5, 0.6) is 0 Å². The van der Waals surface area contributed by atoms with E-state index in [2.05, 4.69) is 11.8 Å². The molecule has 24 heavy (non-hydrogen) atoms. The minimum Gasteiger partial charge on any atom is -0.371 e. The molecule has 0 fully saturated rings. The number of thiocarbonyl (C=S) groups is 1. The number of rotatable bonds is 9. The first-order valence-corrected chi connectivity index (χ1v) is 8.91. The van der Waals surface area contributed by atoms with Crippen LogP contribution >= 0.6 is 12.2 Å². The van der Waals surface area contributed by atoms with Gasteiger partial charge in [-0.3, -0.25) is 0 Å². The van der Waals surface area contributed by atoms with Crippen molar-refractivity contribution in [3.8, 4) is 0 Å². The molecule has 0 bridgehead atoms. The van der Waals surface area contributed by atoms with Crippen molar-refractivity contribution < 1.29 is 13.2 Å². The van der Waals surface area contributed by atoms with Crippen molar-refractivity contribution in [2.75, 3.05) is 13.1 Å². The number of alkyl halides is 3. The normalized spacial score (nSPS) is 12.3. The monoisotopic (exact) mass is 357 g/mol. The first kappa shape index (κ1) is 20.7. The minimum absolute atomic E-state index is 0.532. The molecule has 0 N–H and O–H groups in total. The number of allylic oxidation sites excluding steroid dienone is 1. The number of hydrogen-bond donors (Lipinski definition) is 0. The SMILES string of the molecule is CCCCCC(=S)C(=Cc1cccc(C(F)(F)F)c1)N(CC)CC. The molecule has 5 heteroatoms. The lowest BCUT2D eigenvalue weighted by molar-refractivity contribution is -0.137. The third-order valence-corrected chi connectivity index (χ3v) is 4.33. The van der Waals surface area contributed by atoms with Gasteiger partial charge >= 0.3 is 6.18 Å². The second kappa shape index (κ2) is 9.82. The molecule has 0 aliphatic rings. The maximum Gasteiger partial charge on any atom is 0.416 e. The Morgan fingerprint density at radius 1 is 1.12 bits per heavy atom. The maximum absolute atomic E-state index is 12.9. The van der Waals surface area contributed by atoms with Crippen LogP contribution in [0, 0.1) is 0 Å². The smallest absolute Gasteiger partial charge is 0.371 e. The van der Waals surface area contributed by atoms with Crippen LogP contribution in [0.3, 0.4) is 0 Å². The molecule has 0 unspecified atom stereocenters. The van der Waals surface area contributed by atoms with Gasteiger partial charge in [0.15, 0.2) is 0 Å². The summed E-state index contributed by atoms with van der Waals surface area (Å²) in [5, 5.41) is 0. The molecule has 0 spiro atoms. The molecule has 0 radical (unpaired) electrons. The third kappa shape index (κ3) is 6.27. The highest BCUT2D eigenvalue weighted by Crippen LogP contribution is 2.30. The highest BCUT2D eigenvalue weighted by molar-refractivity contribution is 7.80. The predicted molar refractivity (Wildman–Crippen MR) is 99.1 cm³/mol. The first-order chi connectivity index (χ1) is 11.3. The number of halogens is 3. The van der Waals surface area contributed by atoms with Crippen LogP contribution in [0.4, 0.5) is 13.2 Å². The van der Waals surface area contributed by atoms with Gasteiger partial charge in [0.25, 0.3) is 0 Å². The summed E-state index contributed by atoms with van der Waals surface area (Å²) >= 11 is 5.57. The van der Waals surface area contributed by atoms with Crippen LogP contribution in [0.25, 0.3) is 6.08 Å². The molecule has 0 aliphatic carbocycles. The van der Waals surface area contributed by atoms with E-state index < -0.39 is 11.7 Å². The topological polar surface area (TPSA) is 3.24 Å². The van der Waals surface area contributed by atoms with Gasteiger partial charge in [0, 0.05) is 18.0 Å². The van der Waals surface area contributed by atoms with Gasteiger partial charge in [0.05, 0.1) is 11.3 Å². The van der Waals surface area contributed by atoms with Crippen LogP contribution in [-0.2, 0) is 6.18 Å². The summed E-state index contributed by atoms with van der Waals surface area (Å²) < 4.78 is 38.7. The Bertz CT molecular complexity index is 560. The Morgan fingerprint density at radius 3 is 2.33 bits per heavy atom. The zero-order valence-corrected chi connectivity index (χ0v) is 15.4. The number of nitrogens with zero attached hydrogens (tertiary/aromatic N) is 1. The summed E-state index contributed by atoms with van der Waals surface area (Å²) in [4.78, 5) is 2.93. The summed E-state index contributed by atoms with van der Waals surface area (Å²) in [6.07, 6.45) is 1.48. The zero-order valence-electron chi connectivity index (χ0n) is 14.6. The van der Waals surface area contributed by atoms with E-state index >= 15 is 0 Å². The maximum atomic E-state index is 12.9. The predicted octanol–water partition coefficient (Wildman–Crippen LogP) is 6.34. The minimum atomic E-state index is -4.33. The number of unbranched alkanes of at least 4 members (excludes halogenated alkanes) is 2. The van der Waals surface area contributed by atoms with Gasteiger partial charge in [-0.05, 0) is 50.5 Å². The van der Waals surface area contributed by atoms with E-state index in [0.717, 1.165) is 55.4 Å². The molecule has 0 aliphatic heterocycles. The van der Waals surface area contributed by atoms with Crippen LogP contribution in [0.2, 0.25) is 0 Å².